The number of aryl methyl sites for hydroxylation is 1. The summed E-state index contributed by atoms with van der Waals surface area (Å²) in [5.74, 6) is -0.924. The molecule has 0 radical (unpaired) electrons. The number of hydrogen-bond donors (Lipinski definition) is 2. The largest absolute Gasteiger partial charge is 0.481 e. The third kappa shape index (κ3) is 5.14. The zero-order valence-corrected chi connectivity index (χ0v) is 8.93. The maximum absolute atomic E-state index is 11.3. The van der Waals surface area contributed by atoms with E-state index in [4.69, 9.17) is 5.11 Å². The van der Waals surface area contributed by atoms with Crippen LogP contribution in [-0.4, -0.2) is 33.3 Å². The van der Waals surface area contributed by atoms with E-state index >= 15 is 0 Å². The van der Waals surface area contributed by atoms with E-state index < -0.39 is 5.97 Å². The van der Waals surface area contributed by atoms with Gasteiger partial charge in [-0.1, -0.05) is 0 Å². The van der Waals surface area contributed by atoms with Crippen molar-refractivity contribution in [3.8, 4) is 0 Å². The molecule has 16 heavy (non-hydrogen) atoms. The maximum Gasteiger partial charge on any atom is 0.303 e. The summed E-state index contributed by atoms with van der Waals surface area (Å²) in [6, 6.07) is 1.80. The van der Waals surface area contributed by atoms with Gasteiger partial charge in [0.25, 0.3) is 0 Å². The van der Waals surface area contributed by atoms with Gasteiger partial charge < -0.3 is 10.4 Å². The van der Waals surface area contributed by atoms with E-state index in [1.54, 1.807) is 23.1 Å². The molecule has 6 heteroatoms. The fourth-order valence-electron chi connectivity index (χ4n) is 1.20. The van der Waals surface area contributed by atoms with Crippen LogP contribution in [0.15, 0.2) is 18.5 Å². The van der Waals surface area contributed by atoms with Crippen LogP contribution in [0.5, 0.6) is 0 Å². The standard InChI is InChI=1S/C10H15N3O3/c14-9(11-5-1-3-10(15)16)4-8-13-7-2-6-12-13/h2,6-7H,1,3-5,8H2,(H,11,14)(H,15,16). The van der Waals surface area contributed by atoms with Gasteiger partial charge in [0.05, 0.1) is 0 Å². The molecule has 0 spiro atoms. The molecule has 0 saturated heterocycles. The van der Waals surface area contributed by atoms with Crippen molar-refractivity contribution in [1.82, 2.24) is 15.1 Å². The van der Waals surface area contributed by atoms with Crippen molar-refractivity contribution in [3.05, 3.63) is 18.5 Å². The Balaban J connectivity index is 2.05. The number of nitrogens with zero attached hydrogens (tertiary/aromatic N) is 2. The van der Waals surface area contributed by atoms with Gasteiger partial charge >= 0.3 is 5.97 Å². The second kappa shape index (κ2) is 6.60. The average Bonchev–Trinajstić information content (AvgIpc) is 2.74. The first-order valence-electron chi connectivity index (χ1n) is 5.14. The Bertz CT molecular complexity index is 335. The van der Waals surface area contributed by atoms with Crippen molar-refractivity contribution < 1.29 is 14.7 Å². The third-order valence-corrected chi connectivity index (χ3v) is 2.02. The molecule has 1 rings (SSSR count). The number of carboxylic acid groups (broad SMARTS) is 1. The van der Waals surface area contributed by atoms with E-state index in [1.165, 1.54) is 0 Å². The summed E-state index contributed by atoms with van der Waals surface area (Å²) in [6.45, 7) is 0.946. The summed E-state index contributed by atoms with van der Waals surface area (Å²) < 4.78 is 1.68. The predicted octanol–water partition coefficient (Wildman–Crippen LogP) is 0.254. The van der Waals surface area contributed by atoms with Gasteiger partial charge in [-0.3, -0.25) is 14.3 Å². The Hall–Kier alpha value is -1.85. The highest BCUT2D eigenvalue weighted by atomic mass is 16.4. The molecular weight excluding hydrogens is 210 g/mol. The van der Waals surface area contributed by atoms with Crippen molar-refractivity contribution >= 4 is 11.9 Å². The summed E-state index contributed by atoms with van der Waals surface area (Å²) >= 11 is 0. The zero-order chi connectivity index (χ0) is 11.8. The van der Waals surface area contributed by atoms with Gasteiger partial charge in [-0.15, -0.1) is 0 Å². The van der Waals surface area contributed by atoms with Crippen molar-refractivity contribution in [3.63, 3.8) is 0 Å². The molecule has 6 nitrogen and oxygen atoms in total. The molecule has 1 aromatic rings. The molecule has 0 atom stereocenters. The maximum atomic E-state index is 11.3. The summed E-state index contributed by atoms with van der Waals surface area (Å²) in [7, 11) is 0. The lowest BCUT2D eigenvalue weighted by molar-refractivity contribution is -0.137. The van der Waals surface area contributed by atoms with E-state index in [1.807, 2.05) is 0 Å². The highest BCUT2D eigenvalue weighted by Gasteiger charge is 2.02. The summed E-state index contributed by atoms with van der Waals surface area (Å²) in [5.41, 5.74) is 0. The number of hydrogen-bond acceptors (Lipinski definition) is 3. The smallest absolute Gasteiger partial charge is 0.303 e. The Labute approximate surface area is 93.3 Å². The average molecular weight is 225 g/mol. The van der Waals surface area contributed by atoms with Gasteiger partial charge in [-0.2, -0.15) is 5.10 Å². The van der Waals surface area contributed by atoms with Gasteiger partial charge in [0.2, 0.25) is 5.91 Å². The molecule has 0 aromatic carbocycles. The first kappa shape index (κ1) is 12.2. The molecule has 2 N–H and O–H groups in total. The van der Waals surface area contributed by atoms with Crippen LogP contribution in [0, 0.1) is 0 Å². The summed E-state index contributed by atoms with van der Waals surface area (Å²) in [5, 5.41) is 15.0. The molecule has 88 valence electrons. The van der Waals surface area contributed by atoms with Crippen LogP contribution in [0.2, 0.25) is 0 Å². The molecule has 0 saturated carbocycles. The first-order chi connectivity index (χ1) is 7.68. The normalized spacial score (nSPS) is 10.0. The predicted molar refractivity (Wildman–Crippen MR) is 56.7 cm³/mol. The Morgan fingerprint density at radius 3 is 2.81 bits per heavy atom. The molecule has 0 aliphatic heterocycles. The minimum atomic E-state index is -0.842. The minimum absolute atomic E-state index is 0.0825. The highest BCUT2D eigenvalue weighted by molar-refractivity contribution is 5.75. The number of amides is 1. The summed E-state index contributed by atoms with van der Waals surface area (Å²) in [6.07, 6.45) is 4.35. The molecule has 0 fully saturated rings. The number of carbonyl (C=O) groups is 2. The monoisotopic (exact) mass is 225 g/mol. The first-order valence-corrected chi connectivity index (χ1v) is 5.14. The molecule has 0 unspecified atom stereocenters. The number of carbonyl (C=O) groups excluding carboxylic acids is 1. The van der Waals surface area contributed by atoms with Crippen LogP contribution < -0.4 is 5.32 Å². The van der Waals surface area contributed by atoms with Crippen molar-refractivity contribution in [2.24, 2.45) is 0 Å². The lowest BCUT2D eigenvalue weighted by atomic mass is 10.3. The molecule has 1 aromatic heterocycles. The summed E-state index contributed by atoms with van der Waals surface area (Å²) in [4.78, 5) is 21.5. The fraction of sp³-hybridized carbons (Fsp3) is 0.500. The van der Waals surface area contributed by atoms with Crippen LogP contribution in [0.3, 0.4) is 0 Å². The molecular formula is C10H15N3O3. The van der Waals surface area contributed by atoms with Gasteiger partial charge in [-0.25, -0.2) is 0 Å². The number of rotatable bonds is 7. The third-order valence-electron chi connectivity index (χ3n) is 2.02. The Morgan fingerprint density at radius 2 is 2.19 bits per heavy atom. The van der Waals surface area contributed by atoms with E-state index in [0.717, 1.165) is 0 Å². The van der Waals surface area contributed by atoms with Gasteiger partial charge in [0.1, 0.15) is 0 Å². The number of aliphatic carboxylic acids is 1. The van der Waals surface area contributed by atoms with E-state index in [2.05, 4.69) is 10.4 Å². The van der Waals surface area contributed by atoms with Crippen LogP contribution >= 0.6 is 0 Å². The van der Waals surface area contributed by atoms with E-state index in [-0.39, 0.29) is 12.3 Å². The fourth-order valence-corrected chi connectivity index (χ4v) is 1.20. The van der Waals surface area contributed by atoms with Crippen LogP contribution in [0.1, 0.15) is 19.3 Å². The SMILES string of the molecule is O=C(O)CCCNC(=O)CCn1cccn1. The topological polar surface area (TPSA) is 84.2 Å². The van der Waals surface area contributed by atoms with Crippen LogP contribution in [0.25, 0.3) is 0 Å². The molecule has 0 bridgehead atoms. The highest BCUT2D eigenvalue weighted by Crippen LogP contribution is 1.91. The van der Waals surface area contributed by atoms with Crippen molar-refractivity contribution in [2.45, 2.75) is 25.8 Å². The van der Waals surface area contributed by atoms with Crippen molar-refractivity contribution in [1.29, 1.82) is 0 Å². The Morgan fingerprint density at radius 1 is 1.38 bits per heavy atom. The second-order valence-corrected chi connectivity index (χ2v) is 3.37. The number of nitrogens with one attached hydrogen (secondary N) is 1. The van der Waals surface area contributed by atoms with Crippen LogP contribution in [0.4, 0.5) is 0 Å². The Kier molecular flexibility index (Phi) is 5.04. The minimum Gasteiger partial charge on any atom is -0.481 e. The van der Waals surface area contributed by atoms with Crippen LogP contribution in [-0.2, 0) is 16.1 Å². The molecule has 1 amide bonds. The lowest BCUT2D eigenvalue weighted by Crippen LogP contribution is -2.25. The van der Waals surface area contributed by atoms with E-state index in [9.17, 15) is 9.59 Å². The quantitative estimate of drug-likeness (QED) is 0.652. The van der Waals surface area contributed by atoms with Gasteiger partial charge in [0.15, 0.2) is 0 Å². The van der Waals surface area contributed by atoms with E-state index in [0.29, 0.717) is 25.9 Å². The second-order valence-electron chi connectivity index (χ2n) is 3.37. The van der Waals surface area contributed by atoms with Crippen molar-refractivity contribution in [2.75, 3.05) is 6.54 Å². The molecule has 0 aliphatic carbocycles. The molecule has 1 heterocycles. The number of carboxylic acids is 1. The number of aromatic nitrogens is 2. The molecule has 0 aliphatic rings. The lowest BCUT2D eigenvalue weighted by Gasteiger charge is -2.04. The van der Waals surface area contributed by atoms with Gasteiger partial charge in [-0.05, 0) is 12.5 Å². The van der Waals surface area contributed by atoms with Gasteiger partial charge in [0, 0.05) is 38.3 Å². The zero-order valence-electron chi connectivity index (χ0n) is 8.93.